The molecule has 0 bridgehead atoms. The highest BCUT2D eigenvalue weighted by molar-refractivity contribution is 8.00. The predicted molar refractivity (Wildman–Crippen MR) is 81.0 cm³/mol. The maximum Gasteiger partial charge on any atom is 0.170 e. The zero-order valence-electron chi connectivity index (χ0n) is 11.7. The summed E-state index contributed by atoms with van der Waals surface area (Å²) in [7, 11) is 0. The zero-order valence-corrected chi connectivity index (χ0v) is 13.4. The topological polar surface area (TPSA) is 47.0 Å². The number of hydrogen-bond acceptors (Lipinski definition) is 6. The molecule has 0 aliphatic carbocycles. The summed E-state index contributed by atoms with van der Waals surface area (Å²) in [5.74, 6) is 2.68. The maximum absolute atomic E-state index is 5.52. The van der Waals surface area contributed by atoms with Gasteiger partial charge in [-0.05, 0) is 30.9 Å². The van der Waals surface area contributed by atoms with Crippen molar-refractivity contribution in [2.24, 2.45) is 5.92 Å². The van der Waals surface area contributed by atoms with Gasteiger partial charge in [-0.15, -0.1) is 0 Å². The summed E-state index contributed by atoms with van der Waals surface area (Å²) >= 11 is 3.35. The molecule has 2 unspecified atom stereocenters. The van der Waals surface area contributed by atoms with Crippen LogP contribution in [-0.4, -0.2) is 40.9 Å². The summed E-state index contributed by atoms with van der Waals surface area (Å²) in [6.07, 6.45) is 3.27. The van der Waals surface area contributed by atoms with E-state index in [1.165, 1.54) is 24.4 Å². The predicted octanol–water partition coefficient (Wildman–Crippen LogP) is 2.60. The third kappa shape index (κ3) is 4.70. The SMILES string of the molecule is CCCNC(CSc1nc(CC)ns1)C1CCOC1. The Kier molecular flexibility index (Phi) is 6.56. The molecule has 1 aliphatic rings. The molecular formula is C13H23N3OS2. The van der Waals surface area contributed by atoms with Crippen LogP contribution in [0.4, 0.5) is 0 Å². The van der Waals surface area contributed by atoms with Gasteiger partial charge >= 0.3 is 0 Å². The third-order valence-electron chi connectivity index (χ3n) is 3.34. The second kappa shape index (κ2) is 8.19. The highest BCUT2D eigenvalue weighted by Crippen LogP contribution is 2.25. The summed E-state index contributed by atoms with van der Waals surface area (Å²) in [6.45, 7) is 7.20. The fraction of sp³-hybridized carbons (Fsp3) is 0.846. The van der Waals surface area contributed by atoms with Crippen LogP contribution in [0.3, 0.4) is 0 Å². The molecule has 0 radical (unpaired) electrons. The zero-order chi connectivity index (χ0) is 13.5. The minimum atomic E-state index is 0.529. The average molecular weight is 301 g/mol. The smallest absolute Gasteiger partial charge is 0.170 e. The molecule has 1 saturated heterocycles. The van der Waals surface area contributed by atoms with E-state index < -0.39 is 0 Å². The maximum atomic E-state index is 5.52. The Bertz CT molecular complexity index is 367. The Morgan fingerprint density at radius 1 is 1.53 bits per heavy atom. The number of nitrogens with one attached hydrogen (secondary N) is 1. The van der Waals surface area contributed by atoms with E-state index in [4.69, 9.17) is 4.74 Å². The van der Waals surface area contributed by atoms with Crippen molar-refractivity contribution in [3.63, 3.8) is 0 Å². The molecule has 1 aromatic heterocycles. The summed E-state index contributed by atoms with van der Waals surface area (Å²) in [5, 5.41) is 3.66. The van der Waals surface area contributed by atoms with E-state index in [-0.39, 0.29) is 0 Å². The number of nitrogens with zero attached hydrogens (tertiary/aromatic N) is 2. The van der Waals surface area contributed by atoms with Crippen molar-refractivity contribution in [1.29, 1.82) is 0 Å². The highest BCUT2D eigenvalue weighted by atomic mass is 32.2. The Balaban J connectivity index is 1.84. The van der Waals surface area contributed by atoms with Crippen molar-refractivity contribution in [3.8, 4) is 0 Å². The van der Waals surface area contributed by atoms with Crippen LogP contribution >= 0.6 is 23.3 Å². The molecule has 2 heterocycles. The van der Waals surface area contributed by atoms with E-state index in [0.717, 1.165) is 42.1 Å². The molecule has 108 valence electrons. The number of aromatic nitrogens is 2. The van der Waals surface area contributed by atoms with Gasteiger partial charge in [0.15, 0.2) is 4.34 Å². The van der Waals surface area contributed by atoms with Gasteiger partial charge in [-0.25, -0.2) is 4.98 Å². The molecule has 2 rings (SSSR count). The molecule has 0 saturated carbocycles. The fourth-order valence-electron chi connectivity index (χ4n) is 2.16. The van der Waals surface area contributed by atoms with Gasteiger partial charge in [0.1, 0.15) is 5.82 Å². The van der Waals surface area contributed by atoms with E-state index in [9.17, 15) is 0 Å². The van der Waals surface area contributed by atoms with Crippen molar-refractivity contribution in [1.82, 2.24) is 14.7 Å². The largest absolute Gasteiger partial charge is 0.381 e. The van der Waals surface area contributed by atoms with Crippen molar-refractivity contribution in [2.45, 2.75) is 43.5 Å². The second-order valence-electron chi connectivity index (χ2n) is 4.83. The van der Waals surface area contributed by atoms with Gasteiger partial charge in [-0.1, -0.05) is 25.6 Å². The lowest BCUT2D eigenvalue weighted by Gasteiger charge is -2.22. The average Bonchev–Trinajstić information content (AvgIpc) is 3.10. The first-order valence-corrected chi connectivity index (χ1v) is 8.85. The lowest BCUT2D eigenvalue weighted by molar-refractivity contribution is 0.179. The monoisotopic (exact) mass is 301 g/mol. The van der Waals surface area contributed by atoms with E-state index in [2.05, 4.69) is 28.5 Å². The van der Waals surface area contributed by atoms with Gasteiger partial charge in [-0.2, -0.15) is 4.37 Å². The first-order valence-electron chi connectivity index (χ1n) is 7.10. The van der Waals surface area contributed by atoms with Gasteiger partial charge in [0.25, 0.3) is 0 Å². The molecule has 0 aromatic carbocycles. The van der Waals surface area contributed by atoms with Gasteiger partial charge in [-0.3, -0.25) is 0 Å². The van der Waals surface area contributed by atoms with E-state index >= 15 is 0 Å². The van der Waals surface area contributed by atoms with Gasteiger partial charge < -0.3 is 10.1 Å². The van der Waals surface area contributed by atoms with Crippen LogP contribution in [0.1, 0.15) is 32.5 Å². The molecular weight excluding hydrogens is 278 g/mol. The van der Waals surface area contributed by atoms with Crippen LogP contribution < -0.4 is 5.32 Å². The van der Waals surface area contributed by atoms with Crippen LogP contribution in [0.15, 0.2) is 4.34 Å². The Morgan fingerprint density at radius 3 is 3.05 bits per heavy atom. The molecule has 4 nitrogen and oxygen atoms in total. The number of aryl methyl sites for hydroxylation is 1. The Morgan fingerprint density at radius 2 is 2.42 bits per heavy atom. The molecule has 0 amide bonds. The lowest BCUT2D eigenvalue weighted by Crippen LogP contribution is -2.39. The van der Waals surface area contributed by atoms with Crippen LogP contribution in [0, 0.1) is 5.92 Å². The van der Waals surface area contributed by atoms with Crippen molar-refractivity contribution in [2.75, 3.05) is 25.5 Å². The first kappa shape index (κ1) is 15.2. The standard InChI is InChI=1S/C13H23N3OS2/c1-3-6-14-11(10-5-7-17-8-10)9-18-13-15-12(4-2)16-19-13/h10-11,14H,3-9H2,1-2H3. The molecule has 2 atom stereocenters. The Hall–Kier alpha value is -0.170. The molecule has 1 N–H and O–H groups in total. The molecule has 19 heavy (non-hydrogen) atoms. The number of hydrogen-bond donors (Lipinski definition) is 1. The van der Waals surface area contributed by atoms with E-state index in [1.54, 1.807) is 0 Å². The summed E-state index contributed by atoms with van der Waals surface area (Å²) in [4.78, 5) is 4.52. The highest BCUT2D eigenvalue weighted by Gasteiger charge is 2.25. The first-order chi connectivity index (χ1) is 9.33. The molecule has 1 aromatic rings. The number of ether oxygens (including phenoxy) is 1. The quantitative estimate of drug-likeness (QED) is 0.748. The number of rotatable bonds is 8. The summed E-state index contributed by atoms with van der Waals surface area (Å²) in [6, 6.07) is 0.529. The van der Waals surface area contributed by atoms with Gasteiger partial charge in [0.05, 0.1) is 6.61 Å². The van der Waals surface area contributed by atoms with Crippen molar-refractivity contribution in [3.05, 3.63) is 5.82 Å². The van der Waals surface area contributed by atoms with Crippen LogP contribution in [0.5, 0.6) is 0 Å². The molecule has 0 spiro atoms. The lowest BCUT2D eigenvalue weighted by atomic mass is 10.0. The summed E-state index contributed by atoms with van der Waals surface area (Å²) < 4.78 is 11.0. The Labute approximate surface area is 123 Å². The molecule has 1 fully saturated rings. The minimum absolute atomic E-state index is 0.529. The summed E-state index contributed by atoms with van der Waals surface area (Å²) in [5.41, 5.74) is 0. The van der Waals surface area contributed by atoms with E-state index in [0.29, 0.717) is 12.0 Å². The van der Waals surface area contributed by atoms with Crippen molar-refractivity contribution >= 4 is 23.3 Å². The second-order valence-corrected chi connectivity index (χ2v) is 6.84. The molecule has 1 aliphatic heterocycles. The van der Waals surface area contributed by atoms with Crippen LogP contribution in [-0.2, 0) is 11.2 Å². The number of thioether (sulfide) groups is 1. The molecule has 6 heteroatoms. The van der Waals surface area contributed by atoms with Crippen LogP contribution in [0.25, 0.3) is 0 Å². The van der Waals surface area contributed by atoms with Crippen molar-refractivity contribution < 1.29 is 4.74 Å². The van der Waals surface area contributed by atoms with Crippen LogP contribution in [0.2, 0.25) is 0 Å². The van der Waals surface area contributed by atoms with Gasteiger partial charge in [0.2, 0.25) is 0 Å². The fourth-order valence-corrected chi connectivity index (χ4v) is 4.07. The van der Waals surface area contributed by atoms with E-state index in [1.807, 2.05) is 11.8 Å². The third-order valence-corrected chi connectivity index (χ3v) is 5.33. The van der Waals surface area contributed by atoms with Gasteiger partial charge in [0, 0.05) is 30.7 Å². The minimum Gasteiger partial charge on any atom is -0.381 e. The normalized spacial score (nSPS) is 20.8.